The van der Waals surface area contributed by atoms with Gasteiger partial charge >= 0.3 is 5.97 Å². The first-order chi connectivity index (χ1) is 38.5. The Bertz CT molecular complexity index is 1260. The summed E-state index contributed by atoms with van der Waals surface area (Å²) in [5, 5.41) is 23.1. The number of unbranched alkanes of at least 4 members (excludes halogenated alkanes) is 51. The number of rotatable bonds is 66. The number of aliphatic hydroxyl groups is 2. The second kappa shape index (κ2) is 67.6. The molecule has 3 N–H and O–H groups in total. The van der Waals surface area contributed by atoms with Gasteiger partial charge in [0.2, 0.25) is 5.91 Å². The van der Waals surface area contributed by atoms with Crippen molar-refractivity contribution in [3.63, 3.8) is 0 Å². The van der Waals surface area contributed by atoms with Crippen LogP contribution in [0.15, 0.2) is 36.5 Å². The normalized spacial score (nSPS) is 12.7. The summed E-state index contributed by atoms with van der Waals surface area (Å²) in [4.78, 5) is 24.6. The minimum Gasteiger partial charge on any atom is -0.466 e. The number of esters is 1. The number of ether oxygens (including phenoxy) is 1. The molecule has 0 aromatic heterocycles. The molecule has 2 unspecified atom stereocenters. The Morgan fingerprint density at radius 1 is 0.359 bits per heavy atom. The molecule has 0 aliphatic rings. The number of hydrogen-bond donors (Lipinski definition) is 3. The largest absolute Gasteiger partial charge is 0.466 e. The first kappa shape index (κ1) is 76.1. The van der Waals surface area contributed by atoms with E-state index in [1.54, 1.807) is 6.08 Å². The lowest BCUT2D eigenvalue weighted by atomic mass is 10.0. The lowest BCUT2D eigenvalue weighted by Crippen LogP contribution is -2.45. The quantitative estimate of drug-likeness (QED) is 0.0320. The molecule has 0 heterocycles. The minimum absolute atomic E-state index is 0.0133. The molecule has 0 aromatic rings. The number of carbonyl (C=O) groups is 2. The second-order valence-electron chi connectivity index (χ2n) is 24.2. The molecule has 6 nitrogen and oxygen atoms in total. The van der Waals surface area contributed by atoms with E-state index in [0.717, 1.165) is 51.4 Å². The summed E-state index contributed by atoms with van der Waals surface area (Å²) in [6, 6.07) is -0.623. The minimum atomic E-state index is -0.840. The van der Waals surface area contributed by atoms with E-state index in [1.165, 1.54) is 308 Å². The number of aliphatic hydroxyl groups excluding tert-OH is 2. The monoisotopic (exact) mass is 1100 g/mol. The van der Waals surface area contributed by atoms with Crippen molar-refractivity contribution in [1.29, 1.82) is 0 Å². The first-order valence-corrected chi connectivity index (χ1v) is 35.3. The number of amides is 1. The highest BCUT2D eigenvalue weighted by Gasteiger charge is 2.18. The Hall–Kier alpha value is -1.92. The first-order valence-electron chi connectivity index (χ1n) is 35.3. The molecule has 0 radical (unpaired) electrons. The van der Waals surface area contributed by atoms with Crippen LogP contribution in [0.3, 0.4) is 0 Å². The highest BCUT2D eigenvalue weighted by atomic mass is 16.5. The number of nitrogens with one attached hydrogen (secondary N) is 1. The Morgan fingerprint density at radius 2 is 0.641 bits per heavy atom. The fourth-order valence-electron chi connectivity index (χ4n) is 11.0. The molecule has 0 spiro atoms. The van der Waals surface area contributed by atoms with Crippen molar-refractivity contribution in [2.75, 3.05) is 13.2 Å². The summed E-state index contributed by atoms with van der Waals surface area (Å²) in [5.74, 6) is -0.0498. The SMILES string of the molecule is CCCCCC/C=C\C/C=C\CCCCCCCCCC(=O)OCCCCCCCCCCCCCCCCCCCCCCCCCCCCCCCCCC(=O)NC(CO)C(O)/C=C/CCCCCCCCCCCC. The third-order valence-electron chi connectivity index (χ3n) is 16.4. The molecule has 0 rings (SSSR count). The van der Waals surface area contributed by atoms with Crippen LogP contribution in [0.1, 0.15) is 386 Å². The van der Waals surface area contributed by atoms with Gasteiger partial charge in [-0.25, -0.2) is 0 Å². The molecule has 0 aliphatic carbocycles. The van der Waals surface area contributed by atoms with Crippen LogP contribution in [0.4, 0.5) is 0 Å². The summed E-state index contributed by atoms with van der Waals surface area (Å²) in [7, 11) is 0. The van der Waals surface area contributed by atoms with Gasteiger partial charge in [-0.3, -0.25) is 9.59 Å². The predicted octanol–water partition coefficient (Wildman–Crippen LogP) is 22.7. The average Bonchev–Trinajstić information content (AvgIpc) is 3.44. The summed E-state index contributed by atoms with van der Waals surface area (Å²) >= 11 is 0. The zero-order valence-electron chi connectivity index (χ0n) is 52.7. The van der Waals surface area contributed by atoms with Crippen LogP contribution in [-0.4, -0.2) is 47.4 Å². The van der Waals surface area contributed by atoms with Crippen molar-refractivity contribution < 1.29 is 24.5 Å². The maximum absolute atomic E-state index is 12.5. The summed E-state index contributed by atoms with van der Waals surface area (Å²) < 4.78 is 5.50. The standard InChI is InChI=1S/C72H137NO5/c1-3-5-7-9-11-13-15-17-18-19-36-39-42-46-50-54-58-62-66-72(77)78-67-63-59-55-51-47-43-40-37-34-32-30-28-26-24-22-20-21-23-25-27-29-31-33-35-38-41-45-49-53-57-61-65-71(76)73-69(68-74)70(75)64-60-56-52-48-44-16-14-12-10-8-6-4-2/h13,15,18-19,60,64,69-70,74-75H,3-12,14,16-17,20-59,61-63,65-68H2,1-2H3,(H,73,76)/b15-13-,19-18-,64-60+. The van der Waals surface area contributed by atoms with Gasteiger partial charge in [0.05, 0.1) is 25.4 Å². The summed E-state index contributed by atoms with van der Waals surface area (Å²) in [6.07, 6.45) is 86.6. The van der Waals surface area contributed by atoms with Crippen molar-refractivity contribution in [2.24, 2.45) is 0 Å². The molecule has 0 aromatic carbocycles. The molecule has 0 fully saturated rings. The van der Waals surface area contributed by atoms with Crippen LogP contribution >= 0.6 is 0 Å². The van der Waals surface area contributed by atoms with Crippen molar-refractivity contribution in [1.82, 2.24) is 5.32 Å². The molecule has 460 valence electrons. The van der Waals surface area contributed by atoms with Crippen LogP contribution in [0.2, 0.25) is 0 Å². The fourth-order valence-corrected chi connectivity index (χ4v) is 11.0. The maximum Gasteiger partial charge on any atom is 0.305 e. The van der Waals surface area contributed by atoms with Crippen molar-refractivity contribution in [3.05, 3.63) is 36.5 Å². The third-order valence-corrected chi connectivity index (χ3v) is 16.4. The Morgan fingerprint density at radius 3 is 0.987 bits per heavy atom. The zero-order valence-corrected chi connectivity index (χ0v) is 52.7. The van der Waals surface area contributed by atoms with Crippen LogP contribution in [0.25, 0.3) is 0 Å². The van der Waals surface area contributed by atoms with E-state index in [2.05, 4.69) is 43.5 Å². The second-order valence-corrected chi connectivity index (χ2v) is 24.2. The number of hydrogen-bond acceptors (Lipinski definition) is 5. The van der Waals surface area contributed by atoms with Gasteiger partial charge in [-0.2, -0.15) is 0 Å². The van der Waals surface area contributed by atoms with Crippen molar-refractivity contribution in [2.45, 2.75) is 398 Å². The van der Waals surface area contributed by atoms with Crippen molar-refractivity contribution in [3.8, 4) is 0 Å². The smallest absolute Gasteiger partial charge is 0.305 e. The van der Waals surface area contributed by atoms with Gasteiger partial charge in [0.1, 0.15) is 0 Å². The molecular formula is C72H137NO5. The van der Waals surface area contributed by atoms with Crippen LogP contribution in [0, 0.1) is 0 Å². The lowest BCUT2D eigenvalue weighted by molar-refractivity contribution is -0.143. The van der Waals surface area contributed by atoms with Gasteiger partial charge in [-0.15, -0.1) is 0 Å². The Kier molecular flexibility index (Phi) is 65.9. The van der Waals surface area contributed by atoms with E-state index in [-0.39, 0.29) is 18.5 Å². The van der Waals surface area contributed by atoms with Crippen LogP contribution < -0.4 is 5.32 Å². The number of carbonyl (C=O) groups excluding carboxylic acids is 2. The van der Waals surface area contributed by atoms with Gasteiger partial charge < -0.3 is 20.3 Å². The maximum atomic E-state index is 12.5. The van der Waals surface area contributed by atoms with Crippen LogP contribution in [-0.2, 0) is 14.3 Å². The zero-order chi connectivity index (χ0) is 56.4. The fraction of sp³-hybridized carbons (Fsp3) is 0.889. The molecular weight excluding hydrogens is 959 g/mol. The van der Waals surface area contributed by atoms with Gasteiger partial charge in [0.15, 0.2) is 0 Å². The van der Waals surface area contributed by atoms with E-state index >= 15 is 0 Å². The third kappa shape index (κ3) is 63.3. The molecule has 0 saturated carbocycles. The van der Waals surface area contributed by atoms with Gasteiger partial charge in [0, 0.05) is 12.8 Å². The van der Waals surface area contributed by atoms with E-state index in [0.29, 0.717) is 19.4 Å². The van der Waals surface area contributed by atoms with Crippen LogP contribution in [0.5, 0.6) is 0 Å². The van der Waals surface area contributed by atoms with E-state index in [4.69, 9.17) is 4.74 Å². The van der Waals surface area contributed by atoms with Gasteiger partial charge in [-0.05, 0) is 64.2 Å². The topological polar surface area (TPSA) is 95.9 Å². The summed E-state index contributed by atoms with van der Waals surface area (Å²) in [6.45, 7) is 4.90. The number of allylic oxidation sites excluding steroid dienone is 5. The molecule has 0 aliphatic heterocycles. The highest BCUT2D eigenvalue weighted by molar-refractivity contribution is 5.76. The molecule has 1 amide bonds. The molecule has 78 heavy (non-hydrogen) atoms. The molecule has 2 atom stereocenters. The van der Waals surface area contributed by atoms with E-state index in [1.807, 2.05) is 6.08 Å². The summed E-state index contributed by atoms with van der Waals surface area (Å²) in [5.41, 5.74) is 0. The molecule has 0 bridgehead atoms. The lowest BCUT2D eigenvalue weighted by Gasteiger charge is -2.20. The van der Waals surface area contributed by atoms with Gasteiger partial charge in [0.25, 0.3) is 0 Å². The van der Waals surface area contributed by atoms with E-state index < -0.39 is 12.1 Å². The average molecular weight is 1100 g/mol. The molecule has 0 saturated heterocycles. The van der Waals surface area contributed by atoms with E-state index in [9.17, 15) is 19.8 Å². The highest BCUT2D eigenvalue weighted by Crippen LogP contribution is 2.19. The predicted molar refractivity (Wildman–Crippen MR) is 343 cm³/mol. The van der Waals surface area contributed by atoms with Crippen molar-refractivity contribution >= 4 is 11.9 Å². The Balaban J connectivity index is 3.32. The molecule has 6 heteroatoms. The Labute approximate surface area is 487 Å². The van der Waals surface area contributed by atoms with Gasteiger partial charge in [-0.1, -0.05) is 346 Å².